The van der Waals surface area contributed by atoms with Crippen LogP contribution in [-0.4, -0.2) is 26.7 Å². The van der Waals surface area contributed by atoms with E-state index in [0.717, 1.165) is 0 Å². The van der Waals surface area contributed by atoms with Gasteiger partial charge in [0.15, 0.2) is 0 Å². The minimum atomic E-state index is -1.19. The van der Waals surface area contributed by atoms with Crippen molar-refractivity contribution in [3.63, 3.8) is 0 Å². The highest BCUT2D eigenvalue weighted by Crippen LogP contribution is 2.28. The molecule has 0 unspecified atom stereocenters. The normalized spacial score (nSPS) is 20.2. The standard InChI is InChI=1S/C16H14FN3O3/c17-12-8-11(9-13(12)21)20-7-6-14(19-16(20)23)18-15(22)10-4-2-1-3-5-10/h1-8,11,13,21H,9H2,(H,18,19,22,23)/t11-,13-/m0/s1. The summed E-state index contributed by atoms with van der Waals surface area (Å²) in [7, 11) is 0. The van der Waals surface area contributed by atoms with Crippen molar-refractivity contribution >= 4 is 11.7 Å². The number of rotatable bonds is 3. The molecule has 2 aromatic rings. The Bertz CT molecular complexity index is 817. The van der Waals surface area contributed by atoms with Gasteiger partial charge in [0.2, 0.25) is 0 Å². The van der Waals surface area contributed by atoms with Gasteiger partial charge in [-0.05, 0) is 24.3 Å². The number of nitrogens with zero attached hydrogens (tertiary/aromatic N) is 2. The summed E-state index contributed by atoms with van der Waals surface area (Å²) in [5.41, 5.74) is -0.179. The zero-order valence-electron chi connectivity index (χ0n) is 12.0. The van der Waals surface area contributed by atoms with Crippen molar-refractivity contribution in [1.82, 2.24) is 9.55 Å². The van der Waals surface area contributed by atoms with Crippen LogP contribution in [-0.2, 0) is 0 Å². The van der Waals surface area contributed by atoms with Gasteiger partial charge in [-0.3, -0.25) is 9.36 Å². The van der Waals surface area contributed by atoms with Crippen molar-refractivity contribution < 1.29 is 14.3 Å². The third kappa shape index (κ3) is 3.19. The fourth-order valence-corrected chi connectivity index (χ4v) is 2.41. The first kappa shape index (κ1) is 15.1. The summed E-state index contributed by atoms with van der Waals surface area (Å²) in [5, 5.41) is 11.9. The predicted octanol–water partition coefficient (Wildman–Crippen LogP) is 1.65. The number of anilines is 1. The number of halogens is 1. The van der Waals surface area contributed by atoms with Crippen LogP contribution in [0.3, 0.4) is 0 Å². The van der Waals surface area contributed by atoms with E-state index >= 15 is 0 Å². The number of aromatic nitrogens is 2. The number of aliphatic hydroxyl groups excluding tert-OH is 1. The Kier molecular flexibility index (Phi) is 4.03. The lowest BCUT2D eigenvalue weighted by molar-refractivity contribution is 0.102. The first-order valence-corrected chi connectivity index (χ1v) is 7.05. The number of carbonyl (C=O) groups is 1. The molecule has 1 aliphatic carbocycles. The summed E-state index contributed by atoms with van der Waals surface area (Å²) in [4.78, 5) is 27.8. The molecular weight excluding hydrogens is 301 g/mol. The Morgan fingerprint density at radius 3 is 2.65 bits per heavy atom. The lowest BCUT2D eigenvalue weighted by Crippen LogP contribution is -2.27. The van der Waals surface area contributed by atoms with Crippen LogP contribution in [0.15, 0.2) is 59.3 Å². The summed E-state index contributed by atoms with van der Waals surface area (Å²) >= 11 is 0. The number of carbonyl (C=O) groups excluding carboxylic acids is 1. The number of allylic oxidation sites excluding steroid dienone is 1. The average Bonchev–Trinajstić information content (AvgIpc) is 2.87. The zero-order valence-corrected chi connectivity index (χ0v) is 12.0. The summed E-state index contributed by atoms with van der Waals surface area (Å²) in [6.07, 6.45) is 1.51. The van der Waals surface area contributed by atoms with E-state index in [-0.39, 0.29) is 18.1 Å². The van der Waals surface area contributed by atoms with E-state index in [0.29, 0.717) is 5.56 Å². The van der Waals surface area contributed by atoms with Crippen LogP contribution in [0.2, 0.25) is 0 Å². The molecule has 2 atom stereocenters. The monoisotopic (exact) mass is 315 g/mol. The van der Waals surface area contributed by atoms with Crippen LogP contribution in [0.1, 0.15) is 22.8 Å². The van der Waals surface area contributed by atoms with E-state index in [9.17, 15) is 19.1 Å². The van der Waals surface area contributed by atoms with Gasteiger partial charge in [-0.1, -0.05) is 18.2 Å². The van der Waals surface area contributed by atoms with E-state index in [1.165, 1.54) is 22.9 Å². The second-order valence-corrected chi connectivity index (χ2v) is 5.19. The molecule has 0 radical (unpaired) electrons. The maximum Gasteiger partial charge on any atom is 0.350 e. The van der Waals surface area contributed by atoms with Gasteiger partial charge in [-0.15, -0.1) is 0 Å². The summed E-state index contributed by atoms with van der Waals surface area (Å²) in [6, 6.07) is 9.41. The molecule has 7 heteroatoms. The highest BCUT2D eigenvalue weighted by molar-refractivity contribution is 6.03. The highest BCUT2D eigenvalue weighted by Gasteiger charge is 2.26. The number of aliphatic hydroxyl groups is 1. The van der Waals surface area contributed by atoms with Crippen molar-refractivity contribution in [2.24, 2.45) is 0 Å². The molecule has 23 heavy (non-hydrogen) atoms. The Morgan fingerprint density at radius 1 is 1.30 bits per heavy atom. The molecule has 0 saturated carbocycles. The molecule has 118 valence electrons. The fourth-order valence-electron chi connectivity index (χ4n) is 2.41. The molecule has 1 aromatic heterocycles. The van der Waals surface area contributed by atoms with E-state index in [4.69, 9.17) is 0 Å². The molecule has 0 saturated heterocycles. The zero-order chi connectivity index (χ0) is 16.4. The molecule has 0 fully saturated rings. The quantitative estimate of drug-likeness (QED) is 0.902. The number of benzene rings is 1. The van der Waals surface area contributed by atoms with Crippen LogP contribution >= 0.6 is 0 Å². The van der Waals surface area contributed by atoms with Gasteiger partial charge < -0.3 is 10.4 Å². The maximum absolute atomic E-state index is 13.2. The lowest BCUT2D eigenvalue weighted by Gasteiger charge is -2.12. The Morgan fingerprint density at radius 2 is 2.04 bits per heavy atom. The number of nitrogens with one attached hydrogen (secondary N) is 1. The topological polar surface area (TPSA) is 84.2 Å². The van der Waals surface area contributed by atoms with Crippen molar-refractivity contribution in [3.8, 4) is 0 Å². The minimum absolute atomic E-state index is 0.0864. The van der Waals surface area contributed by atoms with Gasteiger partial charge in [0.1, 0.15) is 17.7 Å². The highest BCUT2D eigenvalue weighted by atomic mass is 19.1. The van der Waals surface area contributed by atoms with E-state index < -0.39 is 23.7 Å². The molecular formula is C16H14FN3O3. The molecule has 2 N–H and O–H groups in total. The van der Waals surface area contributed by atoms with Gasteiger partial charge in [0.25, 0.3) is 5.91 Å². The van der Waals surface area contributed by atoms with E-state index in [2.05, 4.69) is 10.3 Å². The predicted molar refractivity (Wildman–Crippen MR) is 81.7 cm³/mol. The largest absolute Gasteiger partial charge is 0.386 e. The number of amides is 1. The van der Waals surface area contributed by atoms with Gasteiger partial charge in [-0.2, -0.15) is 4.98 Å². The van der Waals surface area contributed by atoms with Crippen LogP contribution in [0.5, 0.6) is 0 Å². The minimum Gasteiger partial charge on any atom is -0.386 e. The fraction of sp³-hybridized carbons (Fsp3) is 0.188. The molecule has 0 aliphatic heterocycles. The summed E-state index contributed by atoms with van der Waals surface area (Å²) < 4.78 is 14.5. The molecule has 3 rings (SSSR count). The molecule has 6 nitrogen and oxygen atoms in total. The smallest absolute Gasteiger partial charge is 0.350 e. The lowest BCUT2D eigenvalue weighted by atomic mass is 10.2. The van der Waals surface area contributed by atoms with E-state index in [1.807, 2.05) is 0 Å². The molecule has 0 bridgehead atoms. The van der Waals surface area contributed by atoms with Crippen molar-refractivity contribution in [2.45, 2.75) is 18.6 Å². The number of hydrogen-bond acceptors (Lipinski definition) is 4. The molecule has 1 aromatic carbocycles. The second kappa shape index (κ2) is 6.13. The van der Waals surface area contributed by atoms with Gasteiger partial charge in [-0.25, -0.2) is 9.18 Å². The first-order chi connectivity index (χ1) is 11.0. The first-order valence-electron chi connectivity index (χ1n) is 7.05. The van der Waals surface area contributed by atoms with Crippen LogP contribution < -0.4 is 11.0 Å². The second-order valence-electron chi connectivity index (χ2n) is 5.19. The number of hydrogen-bond donors (Lipinski definition) is 2. The van der Waals surface area contributed by atoms with Crippen LogP contribution in [0.4, 0.5) is 10.2 Å². The van der Waals surface area contributed by atoms with Crippen molar-refractivity contribution in [3.05, 3.63) is 70.5 Å². The third-order valence-electron chi connectivity index (χ3n) is 3.60. The summed E-state index contributed by atoms with van der Waals surface area (Å²) in [5.74, 6) is -0.913. The summed E-state index contributed by atoms with van der Waals surface area (Å²) in [6.45, 7) is 0. The van der Waals surface area contributed by atoms with Crippen molar-refractivity contribution in [1.29, 1.82) is 0 Å². The average molecular weight is 315 g/mol. The Hall–Kier alpha value is -2.80. The van der Waals surface area contributed by atoms with Crippen LogP contribution in [0.25, 0.3) is 0 Å². The van der Waals surface area contributed by atoms with Crippen LogP contribution in [0, 0.1) is 0 Å². The Balaban J connectivity index is 1.78. The van der Waals surface area contributed by atoms with Crippen molar-refractivity contribution in [2.75, 3.05) is 5.32 Å². The molecule has 1 amide bonds. The van der Waals surface area contributed by atoms with Gasteiger partial charge >= 0.3 is 5.69 Å². The molecule has 1 heterocycles. The third-order valence-corrected chi connectivity index (χ3v) is 3.60. The maximum atomic E-state index is 13.2. The molecule has 1 aliphatic rings. The van der Waals surface area contributed by atoms with Gasteiger partial charge in [0.05, 0.1) is 6.04 Å². The van der Waals surface area contributed by atoms with E-state index in [1.54, 1.807) is 30.3 Å². The molecule has 0 spiro atoms. The SMILES string of the molecule is O=C(Nc1ccn([C@H]2C=C(F)[C@@H](O)C2)c(=O)n1)c1ccccc1. The Labute approximate surface area is 130 Å². The van der Waals surface area contributed by atoms with Gasteiger partial charge in [0, 0.05) is 18.2 Å².